The molecule has 5 heteroatoms. The minimum absolute atomic E-state index is 0.0652. The van der Waals surface area contributed by atoms with Crippen molar-refractivity contribution < 1.29 is 14.7 Å². The molecule has 0 bridgehead atoms. The number of carbonyl (C=O) groups excluding carboxylic acids is 2. The molecule has 1 aliphatic heterocycles. The predicted molar refractivity (Wildman–Crippen MR) is 89.6 cm³/mol. The number of hydrogen-bond donors (Lipinski definition) is 2. The molecule has 2 amide bonds. The molecule has 2 atom stereocenters. The summed E-state index contributed by atoms with van der Waals surface area (Å²) in [5.74, 6) is -0.458. The first-order chi connectivity index (χ1) is 10.8. The maximum Gasteiger partial charge on any atom is 0.259 e. The Hall–Kier alpha value is -2.14. The first-order valence-electron chi connectivity index (χ1n) is 7.87. The molecule has 2 rings (SSSR count). The molecule has 1 aromatic carbocycles. The summed E-state index contributed by atoms with van der Waals surface area (Å²) in [7, 11) is 0. The van der Waals surface area contributed by atoms with Gasteiger partial charge in [0.15, 0.2) is 0 Å². The quantitative estimate of drug-likeness (QED) is 0.843. The van der Waals surface area contributed by atoms with Crippen LogP contribution in [0.3, 0.4) is 0 Å². The van der Waals surface area contributed by atoms with Gasteiger partial charge in [-0.05, 0) is 18.9 Å². The lowest BCUT2D eigenvalue weighted by molar-refractivity contribution is -0.122. The van der Waals surface area contributed by atoms with Crippen LogP contribution in [0.25, 0.3) is 5.70 Å². The van der Waals surface area contributed by atoms with E-state index in [2.05, 4.69) is 11.9 Å². The number of rotatable bonds is 6. The van der Waals surface area contributed by atoms with E-state index in [-0.39, 0.29) is 30.8 Å². The van der Waals surface area contributed by atoms with Gasteiger partial charge in [-0.15, -0.1) is 0 Å². The van der Waals surface area contributed by atoms with E-state index in [1.165, 1.54) is 4.90 Å². The third kappa shape index (κ3) is 3.45. The highest BCUT2D eigenvalue weighted by atomic mass is 16.3. The Morgan fingerprint density at radius 1 is 1.39 bits per heavy atom. The Bertz CT molecular complexity index is 602. The molecule has 124 valence electrons. The van der Waals surface area contributed by atoms with E-state index in [1.54, 1.807) is 19.1 Å². The van der Waals surface area contributed by atoms with Gasteiger partial charge in [-0.1, -0.05) is 45.0 Å². The number of fused-ring (bicyclic) bond motifs is 1. The summed E-state index contributed by atoms with van der Waals surface area (Å²) in [5.41, 5.74) is 0.891. The van der Waals surface area contributed by atoms with Crippen molar-refractivity contribution in [1.82, 2.24) is 10.2 Å². The van der Waals surface area contributed by atoms with Gasteiger partial charge in [0.1, 0.15) is 6.54 Å². The zero-order valence-corrected chi connectivity index (χ0v) is 13.9. The highest BCUT2D eigenvalue weighted by Gasteiger charge is 2.33. The summed E-state index contributed by atoms with van der Waals surface area (Å²) in [6.45, 7) is 9.60. The van der Waals surface area contributed by atoms with E-state index in [0.29, 0.717) is 11.3 Å². The first-order valence-corrected chi connectivity index (χ1v) is 7.87. The number of nitrogens with one attached hydrogen (secondary N) is 1. The number of nitrogens with zero attached hydrogens (tertiary/aromatic N) is 1. The number of benzene rings is 1. The molecule has 0 spiro atoms. The van der Waals surface area contributed by atoms with E-state index in [0.717, 1.165) is 12.0 Å². The van der Waals surface area contributed by atoms with Crippen molar-refractivity contribution in [2.45, 2.75) is 32.8 Å². The second-order valence-corrected chi connectivity index (χ2v) is 6.33. The number of carbonyl (C=O) groups is 2. The van der Waals surface area contributed by atoms with E-state index < -0.39 is 5.60 Å². The van der Waals surface area contributed by atoms with Crippen molar-refractivity contribution in [3.05, 3.63) is 42.0 Å². The molecule has 2 N–H and O–H groups in total. The summed E-state index contributed by atoms with van der Waals surface area (Å²) < 4.78 is 0. The summed E-state index contributed by atoms with van der Waals surface area (Å²) in [6, 6.07) is 7.18. The van der Waals surface area contributed by atoms with Crippen LogP contribution < -0.4 is 5.32 Å². The van der Waals surface area contributed by atoms with Gasteiger partial charge in [0.2, 0.25) is 5.91 Å². The van der Waals surface area contributed by atoms with Crippen LogP contribution in [-0.2, 0) is 4.79 Å². The number of hydrogen-bond acceptors (Lipinski definition) is 3. The molecule has 2 unspecified atom stereocenters. The largest absolute Gasteiger partial charge is 0.388 e. The molecular weight excluding hydrogens is 292 g/mol. The zero-order valence-electron chi connectivity index (χ0n) is 13.9. The molecule has 0 aromatic heterocycles. The highest BCUT2D eigenvalue weighted by molar-refractivity contribution is 6.10. The Morgan fingerprint density at radius 2 is 2.00 bits per heavy atom. The molecule has 0 saturated carbocycles. The molecule has 0 aliphatic carbocycles. The summed E-state index contributed by atoms with van der Waals surface area (Å²) >= 11 is 0. The maximum absolute atomic E-state index is 12.3. The Morgan fingerprint density at radius 3 is 2.57 bits per heavy atom. The van der Waals surface area contributed by atoms with Gasteiger partial charge >= 0.3 is 0 Å². The Labute approximate surface area is 137 Å². The highest BCUT2D eigenvalue weighted by Crippen LogP contribution is 2.30. The lowest BCUT2D eigenvalue weighted by Crippen LogP contribution is -2.47. The van der Waals surface area contributed by atoms with Crippen LogP contribution in [0, 0.1) is 5.92 Å². The molecular formula is C18H24N2O3. The van der Waals surface area contributed by atoms with Gasteiger partial charge in [0, 0.05) is 23.4 Å². The second kappa shape index (κ2) is 6.54. The lowest BCUT2D eigenvalue weighted by Gasteiger charge is -2.30. The van der Waals surface area contributed by atoms with Crippen molar-refractivity contribution in [1.29, 1.82) is 0 Å². The average Bonchev–Trinajstić information content (AvgIpc) is 2.77. The van der Waals surface area contributed by atoms with Gasteiger partial charge in [0.25, 0.3) is 5.91 Å². The van der Waals surface area contributed by atoms with Crippen LogP contribution in [0.1, 0.15) is 43.1 Å². The minimum atomic E-state index is -0.973. The summed E-state index contributed by atoms with van der Waals surface area (Å²) in [5, 5.41) is 13.0. The average molecular weight is 316 g/mol. The molecule has 1 aromatic rings. The van der Waals surface area contributed by atoms with Crippen molar-refractivity contribution in [2.75, 3.05) is 13.1 Å². The van der Waals surface area contributed by atoms with Crippen LogP contribution in [0.4, 0.5) is 0 Å². The third-order valence-corrected chi connectivity index (χ3v) is 4.66. The second-order valence-electron chi connectivity index (χ2n) is 6.33. The fourth-order valence-electron chi connectivity index (χ4n) is 2.59. The topological polar surface area (TPSA) is 69.6 Å². The Balaban J connectivity index is 1.97. The number of aliphatic hydroxyl groups is 1. The van der Waals surface area contributed by atoms with Gasteiger partial charge < -0.3 is 10.4 Å². The van der Waals surface area contributed by atoms with E-state index >= 15 is 0 Å². The van der Waals surface area contributed by atoms with Crippen molar-refractivity contribution in [3.63, 3.8) is 0 Å². The van der Waals surface area contributed by atoms with Gasteiger partial charge in [-0.25, -0.2) is 0 Å². The van der Waals surface area contributed by atoms with Crippen molar-refractivity contribution in [3.8, 4) is 0 Å². The normalized spacial score (nSPS) is 17.7. The van der Waals surface area contributed by atoms with Crippen LogP contribution >= 0.6 is 0 Å². The van der Waals surface area contributed by atoms with E-state index in [1.807, 2.05) is 26.0 Å². The SMILES string of the molecule is C=C1c2ccccc2C(=O)N1CC(=O)NCC(C)(O)C(C)CC. The van der Waals surface area contributed by atoms with E-state index in [9.17, 15) is 14.7 Å². The van der Waals surface area contributed by atoms with Gasteiger partial charge in [-0.3, -0.25) is 14.5 Å². The Kier molecular flexibility index (Phi) is 4.90. The number of amides is 2. The summed E-state index contributed by atoms with van der Waals surface area (Å²) in [4.78, 5) is 25.8. The van der Waals surface area contributed by atoms with Crippen LogP contribution in [-0.4, -0.2) is 40.5 Å². The standard InChI is InChI=1S/C18H24N2O3/c1-5-12(2)18(4,23)11-19-16(21)10-20-13(3)14-8-6-7-9-15(14)17(20)22/h6-9,12,23H,3,5,10-11H2,1-2,4H3,(H,19,21). The fourth-order valence-corrected chi connectivity index (χ4v) is 2.59. The van der Waals surface area contributed by atoms with Crippen LogP contribution in [0.15, 0.2) is 30.8 Å². The molecule has 23 heavy (non-hydrogen) atoms. The lowest BCUT2D eigenvalue weighted by atomic mass is 9.89. The first kappa shape index (κ1) is 17.2. The maximum atomic E-state index is 12.3. The molecule has 0 radical (unpaired) electrons. The summed E-state index contributed by atoms with van der Waals surface area (Å²) in [6.07, 6.45) is 0.819. The molecule has 1 heterocycles. The zero-order chi connectivity index (χ0) is 17.2. The smallest absolute Gasteiger partial charge is 0.259 e. The van der Waals surface area contributed by atoms with Crippen LogP contribution in [0.2, 0.25) is 0 Å². The van der Waals surface area contributed by atoms with Crippen molar-refractivity contribution >= 4 is 17.5 Å². The minimum Gasteiger partial charge on any atom is -0.388 e. The third-order valence-electron chi connectivity index (χ3n) is 4.66. The van der Waals surface area contributed by atoms with E-state index in [4.69, 9.17) is 0 Å². The van der Waals surface area contributed by atoms with Gasteiger partial charge in [-0.2, -0.15) is 0 Å². The predicted octanol–water partition coefficient (Wildman–Crippen LogP) is 2.03. The monoisotopic (exact) mass is 316 g/mol. The molecule has 5 nitrogen and oxygen atoms in total. The fraction of sp³-hybridized carbons (Fsp3) is 0.444. The van der Waals surface area contributed by atoms with Crippen molar-refractivity contribution in [2.24, 2.45) is 5.92 Å². The molecule has 0 saturated heterocycles. The molecule has 1 aliphatic rings. The van der Waals surface area contributed by atoms with Crippen LogP contribution in [0.5, 0.6) is 0 Å². The van der Waals surface area contributed by atoms with Gasteiger partial charge in [0.05, 0.1) is 5.60 Å². The molecule has 0 fully saturated rings.